The molecular formula is C24H19F6NO4. The number of halogens is 6. The van der Waals surface area contributed by atoms with Crippen molar-refractivity contribution in [2.45, 2.75) is 56.7 Å². The molecule has 0 N–H and O–H groups in total. The Morgan fingerprint density at radius 3 is 2.14 bits per heavy atom. The lowest BCUT2D eigenvalue weighted by atomic mass is 9.81. The Morgan fingerprint density at radius 1 is 0.971 bits per heavy atom. The molecule has 0 amide bonds. The molecule has 1 aromatic carbocycles. The molecule has 35 heavy (non-hydrogen) atoms. The van der Waals surface area contributed by atoms with Crippen LogP contribution in [-0.2, 0) is 33.1 Å². The third kappa shape index (κ3) is 3.89. The summed E-state index contributed by atoms with van der Waals surface area (Å²) >= 11 is 0. The zero-order chi connectivity index (χ0) is 25.3. The van der Waals surface area contributed by atoms with Gasteiger partial charge in [-0.2, -0.15) is 26.3 Å². The summed E-state index contributed by atoms with van der Waals surface area (Å²) in [5.41, 5.74) is -2.28. The molecule has 5 atom stereocenters. The van der Waals surface area contributed by atoms with Gasteiger partial charge in [0.2, 0.25) is 5.88 Å². The minimum atomic E-state index is -5.16. The highest BCUT2D eigenvalue weighted by molar-refractivity contribution is 6.17. The van der Waals surface area contributed by atoms with E-state index < -0.39 is 47.1 Å². The Bertz CT molecular complexity index is 1180. The molecule has 186 valence electrons. The third-order valence-electron chi connectivity index (χ3n) is 7.01. The maximum absolute atomic E-state index is 13.5. The first-order chi connectivity index (χ1) is 16.4. The van der Waals surface area contributed by atoms with Crippen LogP contribution >= 0.6 is 0 Å². The number of hydrogen-bond acceptors (Lipinski definition) is 5. The van der Waals surface area contributed by atoms with E-state index in [1.165, 1.54) is 18.2 Å². The van der Waals surface area contributed by atoms with Crippen LogP contribution < -0.4 is 4.74 Å². The largest absolute Gasteiger partial charge is 0.438 e. The SMILES string of the molecule is CCc1ccc(Oc2ncc(C(F)(F)F)cc2C(F)(F)F)cc1C1C(=O)[C@@H]2[C@H](C1=O)[C@H]1CC[C@@H]2O1. The van der Waals surface area contributed by atoms with Crippen molar-refractivity contribution in [1.29, 1.82) is 0 Å². The lowest BCUT2D eigenvalue weighted by Crippen LogP contribution is -2.29. The number of ether oxygens (including phenoxy) is 2. The zero-order valence-corrected chi connectivity index (χ0v) is 18.2. The molecule has 0 radical (unpaired) electrons. The Hall–Kier alpha value is -2.95. The van der Waals surface area contributed by atoms with Crippen LogP contribution in [0.2, 0.25) is 0 Å². The number of pyridine rings is 1. The van der Waals surface area contributed by atoms with E-state index in [0.29, 0.717) is 30.4 Å². The molecule has 2 aromatic rings. The number of rotatable bonds is 4. The summed E-state index contributed by atoms with van der Waals surface area (Å²) in [6.45, 7) is 1.80. The van der Waals surface area contributed by atoms with E-state index >= 15 is 0 Å². The van der Waals surface area contributed by atoms with Gasteiger partial charge < -0.3 is 9.47 Å². The Kier molecular flexibility index (Phi) is 5.46. The van der Waals surface area contributed by atoms with E-state index in [0.717, 1.165) is 0 Å². The van der Waals surface area contributed by atoms with Gasteiger partial charge in [-0.3, -0.25) is 9.59 Å². The first-order valence-corrected chi connectivity index (χ1v) is 11.1. The molecule has 5 rings (SSSR count). The molecule has 3 fully saturated rings. The summed E-state index contributed by atoms with van der Waals surface area (Å²) in [7, 11) is 0. The first-order valence-electron chi connectivity index (χ1n) is 11.1. The maximum atomic E-state index is 13.5. The lowest BCUT2D eigenvalue weighted by molar-refractivity contribution is -0.144. The smallest absolute Gasteiger partial charge is 0.421 e. The van der Waals surface area contributed by atoms with Crippen molar-refractivity contribution in [2.75, 3.05) is 0 Å². The van der Waals surface area contributed by atoms with Gasteiger partial charge in [0, 0.05) is 6.20 Å². The predicted octanol–water partition coefficient (Wildman–Crippen LogP) is 5.50. The average molecular weight is 499 g/mol. The number of aromatic nitrogens is 1. The van der Waals surface area contributed by atoms with E-state index in [9.17, 15) is 35.9 Å². The fourth-order valence-corrected chi connectivity index (χ4v) is 5.46. The number of ketones is 2. The highest BCUT2D eigenvalue weighted by Gasteiger charge is 2.63. The average Bonchev–Trinajstić information content (AvgIpc) is 3.46. The van der Waals surface area contributed by atoms with Crippen LogP contribution in [0.1, 0.15) is 47.9 Å². The molecule has 2 saturated heterocycles. The van der Waals surface area contributed by atoms with Crippen molar-refractivity contribution in [1.82, 2.24) is 4.98 Å². The van der Waals surface area contributed by atoms with Crippen molar-refractivity contribution < 1.29 is 45.4 Å². The van der Waals surface area contributed by atoms with Crippen LogP contribution in [-0.4, -0.2) is 28.8 Å². The van der Waals surface area contributed by atoms with Gasteiger partial charge in [-0.05, 0) is 48.6 Å². The predicted molar refractivity (Wildman–Crippen MR) is 108 cm³/mol. The van der Waals surface area contributed by atoms with Gasteiger partial charge in [-0.15, -0.1) is 0 Å². The summed E-state index contributed by atoms with van der Waals surface area (Å²) in [4.78, 5) is 29.7. The van der Waals surface area contributed by atoms with Crippen LogP contribution in [0.15, 0.2) is 30.5 Å². The zero-order valence-electron chi connectivity index (χ0n) is 18.2. The fourth-order valence-electron chi connectivity index (χ4n) is 5.46. The van der Waals surface area contributed by atoms with Crippen LogP contribution in [0.3, 0.4) is 0 Å². The van der Waals surface area contributed by atoms with Gasteiger partial charge in [0.05, 0.1) is 29.6 Å². The molecule has 3 aliphatic rings. The van der Waals surface area contributed by atoms with Crippen molar-refractivity contribution in [2.24, 2.45) is 11.8 Å². The number of fused-ring (bicyclic) bond motifs is 5. The molecule has 2 bridgehead atoms. The molecular weight excluding hydrogens is 480 g/mol. The van der Waals surface area contributed by atoms with Crippen molar-refractivity contribution >= 4 is 11.6 Å². The lowest BCUT2D eigenvalue weighted by Gasteiger charge is -2.18. The monoisotopic (exact) mass is 499 g/mol. The summed E-state index contributed by atoms with van der Waals surface area (Å²) < 4.78 is 90.3. The molecule has 2 aliphatic heterocycles. The molecule has 5 nitrogen and oxygen atoms in total. The summed E-state index contributed by atoms with van der Waals surface area (Å²) in [6, 6.07) is 4.11. The number of aryl methyl sites for hydroxylation is 1. The van der Waals surface area contributed by atoms with Crippen molar-refractivity contribution in [3.63, 3.8) is 0 Å². The highest BCUT2D eigenvalue weighted by Crippen LogP contribution is 2.53. The third-order valence-corrected chi connectivity index (χ3v) is 7.01. The second-order valence-electron chi connectivity index (χ2n) is 8.97. The van der Waals surface area contributed by atoms with E-state index in [1.54, 1.807) is 6.92 Å². The van der Waals surface area contributed by atoms with Gasteiger partial charge in [0.25, 0.3) is 0 Å². The fraction of sp³-hybridized carbons (Fsp3) is 0.458. The maximum Gasteiger partial charge on any atom is 0.421 e. The minimum absolute atomic E-state index is 0.0648. The number of nitrogens with zero attached hydrogens (tertiary/aromatic N) is 1. The number of carbonyl (C=O) groups is 2. The normalized spacial score (nSPS) is 28.0. The molecule has 3 heterocycles. The molecule has 11 heteroatoms. The molecule has 1 unspecified atom stereocenters. The van der Waals surface area contributed by atoms with Gasteiger partial charge >= 0.3 is 12.4 Å². The molecule has 0 spiro atoms. The second kappa shape index (κ2) is 8.04. The number of benzene rings is 1. The van der Waals surface area contributed by atoms with Crippen LogP contribution in [0.25, 0.3) is 0 Å². The summed E-state index contributed by atoms with van der Waals surface area (Å²) in [5, 5.41) is 0. The summed E-state index contributed by atoms with van der Waals surface area (Å²) in [5.74, 6) is -3.94. The van der Waals surface area contributed by atoms with Gasteiger partial charge in [-0.25, -0.2) is 4.98 Å². The second-order valence-corrected chi connectivity index (χ2v) is 8.97. The topological polar surface area (TPSA) is 65.5 Å². The first kappa shape index (κ1) is 23.8. The highest BCUT2D eigenvalue weighted by atomic mass is 19.4. The molecule has 1 aliphatic carbocycles. The molecule has 1 aromatic heterocycles. The van der Waals surface area contributed by atoms with Crippen molar-refractivity contribution in [3.05, 3.63) is 52.7 Å². The molecule has 1 saturated carbocycles. The van der Waals surface area contributed by atoms with Gasteiger partial charge in [0.15, 0.2) is 11.6 Å². The Labute approximate surface area is 195 Å². The van der Waals surface area contributed by atoms with Crippen LogP contribution in [0, 0.1) is 11.8 Å². The number of carbonyl (C=O) groups excluding carboxylic acids is 2. The number of alkyl halides is 6. The van der Waals surface area contributed by atoms with Crippen LogP contribution in [0.4, 0.5) is 26.3 Å². The number of Topliss-reactive ketones (excluding diaryl/α,β-unsaturated/α-hetero) is 2. The Morgan fingerprint density at radius 2 is 1.60 bits per heavy atom. The van der Waals surface area contributed by atoms with Crippen molar-refractivity contribution in [3.8, 4) is 11.6 Å². The van der Waals surface area contributed by atoms with E-state index in [4.69, 9.17) is 9.47 Å². The van der Waals surface area contributed by atoms with Gasteiger partial charge in [-0.1, -0.05) is 13.0 Å². The quantitative estimate of drug-likeness (QED) is 0.411. The minimum Gasteiger partial charge on any atom is -0.438 e. The van der Waals surface area contributed by atoms with E-state index in [-0.39, 0.29) is 41.8 Å². The van der Waals surface area contributed by atoms with Crippen LogP contribution in [0.5, 0.6) is 11.6 Å². The van der Waals surface area contributed by atoms with E-state index in [2.05, 4.69) is 4.98 Å². The van der Waals surface area contributed by atoms with E-state index in [1.807, 2.05) is 0 Å². The summed E-state index contributed by atoms with van der Waals surface area (Å²) in [6.07, 6.45) is -8.70. The standard InChI is InChI=1S/C24H19F6NO4/c1-2-10-3-4-12(34-22-14(24(28,29)30)7-11(9-31-22)23(25,26)27)8-13(10)17-20(32)18-15-5-6-16(35-15)19(18)21(17)33/h3-4,7-9,15-19H,2,5-6H2,1H3/t15-,16+,17?,18-,19+. The Balaban J connectivity index is 1.51. The number of hydrogen-bond donors (Lipinski definition) is 0. The van der Waals surface area contributed by atoms with Gasteiger partial charge in [0.1, 0.15) is 17.2 Å².